The van der Waals surface area contributed by atoms with Gasteiger partial charge >= 0.3 is 0 Å². The lowest BCUT2D eigenvalue weighted by atomic mass is 10.2. The van der Waals surface area contributed by atoms with Gasteiger partial charge in [0.1, 0.15) is 5.82 Å². The van der Waals surface area contributed by atoms with Crippen LogP contribution >= 0.6 is 34.5 Å². The largest absolute Gasteiger partial charge is 0.319 e. The molecule has 5 heteroatoms. The van der Waals surface area contributed by atoms with Gasteiger partial charge in [0.15, 0.2) is 0 Å². The van der Waals surface area contributed by atoms with E-state index in [1.165, 1.54) is 4.88 Å². The van der Waals surface area contributed by atoms with Crippen LogP contribution in [-0.4, -0.2) is 9.55 Å². The molecular formula is C15H14Cl2N2S. The van der Waals surface area contributed by atoms with E-state index in [2.05, 4.69) is 34.0 Å². The predicted octanol–water partition coefficient (Wildman–Crippen LogP) is 5.66. The third-order valence-electron chi connectivity index (χ3n) is 3.38. The molecule has 2 unspecified atom stereocenters. The topological polar surface area (TPSA) is 17.8 Å². The van der Waals surface area contributed by atoms with Crippen LogP contribution in [0.4, 0.5) is 0 Å². The number of hydrogen-bond acceptors (Lipinski definition) is 2. The standard InChI is InChI=1S/C15H14Cl2N2S/c1-9(16)15-18-12-8-11(17)5-6-13(12)19(15)10(2)14-4-3-7-20-14/h3-10H,1-2H3. The Morgan fingerprint density at radius 1 is 1.25 bits per heavy atom. The van der Waals surface area contributed by atoms with Crippen LogP contribution in [0.3, 0.4) is 0 Å². The first-order chi connectivity index (χ1) is 9.58. The number of benzene rings is 1. The highest BCUT2D eigenvalue weighted by atomic mass is 35.5. The van der Waals surface area contributed by atoms with Gasteiger partial charge in [-0.15, -0.1) is 22.9 Å². The summed E-state index contributed by atoms with van der Waals surface area (Å²) >= 11 is 14.1. The summed E-state index contributed by atoms with van der Waals surface area (Å²) in [6, 6.07) is 10.2. The maximum atomic E-state index is 6.31. The SMILES string of the molecule is CC(Cl)c1nc2cc(Cl)ccc2n1C(C)c1cccs1. The van der Waals surface area contributed by atoms with Crippen LogP contribution in [0.2, 0.25) is 5.02 Å². The monoisotopic (exact) mass is 324 g/mol. The molecule has 0 N–H and O–H groups in total. The molecule has 2 aromatic heterocycles. The van der Waals surface area contributed by atoms with Crippen molar-refractivity contribution in [2.24, 2.45) is 0 Å². The fraction of sp³-hybridized carbons (Fsp3) is 0.267. The maximum absolute atomic E-state index is 6.31. The zero-order chi connectivity index (χ0) is 14.3. The minimum absolute atomic E-state index is 0.149. The second kappa shape index (κ2) is 5.40. The van der Waals surface area contributed by atoms with E-state index in [0.717, 1.165) is 16.9 Å². The Hall–Kier alpha value is -1.03. The molecular weight excluding hydrogens is 311 g/mol. The summed E-state index contributed by atoms with van der Waals surface area (Å²) < 4.78 is 2.20. The lowest BCUT2D eigenvalue weighted by molar-refractivity contribution is 0.628. The van der Waals surface area contributed by atoms with E-state index in [1.54, 1.807) is 11.3 Å². The highest BCUT2D eigenvalue weighted by Gasteiger charge is 2.20. The van der Waals surface area contributed by atoms with Crippen molar-refractivity contribution in [3.63, 3.8) is 0 Å². The van der Waals surface area contributed by atoms with Crippen LogP contribution in [-0.2, 0) is 0 Å². The Morgan fingerprint density at radius 3 is 2.70 bits per heavy atom. The Bertz CT molecular complexity index is 732. The molecule has 0 aliphatic carbocycles. The number of imidazole rings is 1. The molecule has 2 heterocycles. The van der Waals surface area contributed by atoms with Gasteiger partial charge in [0.25, 0.3) is 0 Å². The number of hydrogen-bond donors (Lipinski definition) is 0. The van der Waals surface area contributed by atoms with Crippen molar-refractivity contribution >= 4 is 45.6 Å². The quantitative estimate of drug-likeness (QED) is 0.568. The van der Waals surface area contributed by atoms with E-state index < -0.39 is 0 Å². The second-order valence-electron chi connectivity index (χ2n) is 4.78. The first-order valence-electron chi connectivity index (χ1n) is 6.43. The lowest BCUT2D eigenvalue weighted by Crippen LogP contribution is -2.10. The highest BCUT2D eigenvalue weighted by Crippen LogP contribution is 2.33. The second-order valence-corrected chi connectivity index (χ2v) is 6.85. The van der Waals surface area contributed by atoms with Crippen molar-refractivity contribution in [2.45, 2.75) is 25.3 Å². The predicted molar refractivity (Wildman–Crippen MR) is 87.1 cm³/mol. The zero-order valence-corrected chi connectivity index (χ0v) is 13.5. The van der Waals surface area contributed by atoms with Gasteiger partial charge in [-0.3, -0.25) is 0 Å². The van der Waals surface area contributed by atoms with Gasteiger partial charge in [-0.1, -0.05) is 17.7 Å². The van der Waals surface area contributed by atoms with Crippen molar-refractivity contribution in [1.82, 2.24) is 9.55 Å². The average Bonchev–Trinajstić information content (AvgIpc) is 3.04. The molecule has 0 radical (unpaired) electrons. The zero-order valence-electron chi connectivity index (χ0n) is 11.2. The van der Waals surface area contributed by atoms with Crippen molar-refractivity contribution in [2.75, 3.05) is 0 Å². The fourth-order valence-electron chi connectivity index (χ4n) is 2.43. The molecule has 0 fully saturated rings. The van der Waals surface area contributed by atoms with E-state index in [0.29, 0.717) is 5.02 Å². The number of rotatable bonds is 3. The van der Waals surface area contributed by atoms with E-state index in [-0.39, 0.29) is 11.4 Å². The summed E-state index contributed by atoms with van der Waals surface area (Å²) in [7, 11) is 0. The van der Waals surface area contributed by atoms with Crippen molar-refractivity contribution in [1.29, 1.82) is 0 Å². The molecule has 3 rings (SSSR count). The third kappa shape index (κ3) is 2.34. The number of fused-ring (bicyclic) bond motifs is 1. The Labute approximate surface area is 132 Å². The molecule has 0 amide bonds. The molecule has 104 valence electrons. The number of halogens is 2. The van der Waals surface area contributed by atoms with E-state index in [9.17, 15) is 0 Å². The van der Waals surface area contributed by atoms with Crippen LogP contribution in [0.1, 0.15) is 36.0 Å². The Morgan fingerprint density at radius 2 is 2.05 bits per heavy atom. The van der Waals surface area contributed by atoms with Gasteiger partial charge in [-0.2, -0.15) is 0 Å². The average molecular weight is 325 g/mol. The van der Waals surface area contributed by atoms with Gasteiger partial charge < -0.3 is 4.57 Å². The van der Waals surface area contributed by atoms with Crippen LogP contribution < -0.4 is 0 Å². The first-order valence-corrected chi connectivity index (χ1v) is 8.12. The molecule has 0 bridgehead atoms. The summed E-state index contributed by atoms with van der Waals surface area (Å²) in [5.74, 6) is 0.879. The van der Waals surface area contributed by atoms with Gasteiger partial charge in [-0.25, -0.2) is 4.98 Å². The first kappa shape index (κ1) is 13.9. The van der Waals surface area contributed by atoms with Crippen LogP contribution in [0, 0.1) is 0 Å². The van der Waals surface area contributed by atoms with Crippen LogP contribution in [0.15, 0.2) is 35.7 Å². The summed E-state index contributed by atoms with van der Waals surface area (Å²) in [6.07, 6.45) is 0. The summed E-state index contributed by atoms with van der Waals surface area (Å²) in [6.45, 7) is 4.12. The van der Waals surface area contributed by atoms with Crippen molar-refractivity contribution < 1.29 is 0 Å². The summed E-state index contributed by atoms with van der Waals surface area (Å²) in [4.78, 5) is 5.94. The van der Waals surface area contributed by atoms with Gasteiger partial charge in [-0.05, 0) is 43.5 Å². The molecule has 0 saturated heterocycles. The number of nitrogens with zero attached hydrogens (tertiary/aromatic N) is 2. The molecule has 0 aliphatic rings. The van der Waals surface area contributed by atoms with Crippen molar-refractivity contribution in [3.05, 3.63) is 51.4 Å². The Kier molecular flexibility index (Phi) is 3.76. The number of aromatic nitrogens is 2. The lowest BCUT2D eigenvalue weighted by Gasteiger charge is -2.17. The third-order valence-corrected chi connectivity index (χ3v) is 4.85. The number of alkyl halides is 1. The van der Waals surface area contributed by atoms with Crippen LogP contribution in [0.25, 0.3) is 11.0 Å². The molecule has 0 saturated carbocycles. The molecule has 20 heavy (non-hydrogen) atoms. The Balaban J connectivity index is 2.24. The minimum atomic E-state index is -0.149. The maximum Gasteiger partial charge on any atom is 0.128 e. The summed E-state index contributed by atoms with van der Waals surface area (Å²) in [5, 5.41) is 2.63. The van der Waals surface area contributed by atoms with Gasteiger partial charge in [0.05, 0.1) is 22.5 Å². The van der Waals surface area contributed by atoms with Crippen molar-refractivity contribution in [3.8, 4) is 0 Å². The summed E-state index contributed by atoms with van der Waals surface area (Å²) in [5.41, 5.74) is 1.96. The van der Waals surface area contributed by atoms with Gasteiger partial charge in [0.2, 0.25) is 0 Å². The molecule has 2 atom stereocenters. The molecule has 0 aliphatic heterocycles. The van der Waals surface area contributed by atoms with E-state index >= 15 is 0 Å². The number of thiophene rings is 1. The van der Waals surface area contributed by atoms with Gasteiger partial charge in [0, 0.05) is 9.90 Å². The van der Waals surface area contributed by atoms with Crippen LogP contribution in [0.5, 0.6) is 0 Å². The normalized spacial score (nSPS) is 14.6. The molecule has 2 nitrogen and oxygen atoms in total. The van der Waals surface area contributed by atoms with E-state index in [1.807, 2.05) is 25.1 Å². The minimum Gasteiger partial charge on any atom is -0.319 e. The molecule has 1 aromatic carbocycles. The highest BCUT2D eigenvalue weighted by molar-refractivity contribution is 7.10. The van der Waals surface area contributed by atoms with E-state index in [4.69, 9.17) is 23.2 Å². The molecule has 0 spiro atoms. The molecule has 3 aromatic rings. The fourth-order valence-corrected chi connectivity index (χ4v) is 3.53. The smallest absolute Gasteiger partial charge is 0.128 e.